The third-order valence-corrected chi connectivity index (χ3v) is 2.40. The van der Waals surface area contributed by atoms with Crippen LogP contribution in [0, 0.1) is 0 Å². The van der Waals surface area contributed by atoms with Crippen molar-refractivity contribution in [3.8, 4) is 5.75 Å². The van der Waals surface area contributed by atoms with Crippen molar-refractivity contribution in [2.45, 2.75) is 12.8 Å². The van der Waals surface area contributed by atoms with Crippen LogP contribution < -0.4 is 10.6 Å². The molecule has 0 heterocycles. The van der Waals surface area contributed by atoms with Crippen LogP contribution in [-0.2, 0) is 4.84 Å². The highest BCUT2D eigenvalue weighted by atomic mass is 35.5. The quantitative estimate of drug-likeness (QED) is 0.785. The summed E-state index contributed by atoms with van der Waals surface area (Å²) in [5.74, 6) is 5.91. The fourth-order valence-electron chi connectivity index (χ4n) is 1.22. The summed E-state index contributed by atoms with van der Waals surface area (Å²) in [5.41, 5.74) is 1.09. The summed E-state index contributed by atoms with van der Waals surface area (Å²) in [6.45, 7) is 2.50. The van der Waals surface area contributed by atoms with Crippen LogP contribution in [0.1, 0.15) is 18.4 Å². The van der Waals surface area contributed by atoms with Crippen molar-refractivity contribution < 1.29 is 9.57 Å². The van der Waals surface area contributed by atoms with E-state index in [9.17, 15) is 0 Å². The van der Waals surface area contributed by atoms with Gasteiger partial charge in [-0.05, 0) is 17.7 Å². The predicted octanol–water partition coefficient (Wildman–Crippen LogP) is 2.34. The van der Waals surface area contributed by atoms with Crippen LogP contribution in [0.4, 0.5) is 0 Å². The lowest BCUT2D eigenvalue weighted by molar-refractivity contribution is 0.126. The molecule has 0 aliphatic carbocycles. The molecule has 0 saturated heterocycles. The van der Waals surface area contributed by atoms with Gasteiger partial charge in [0.2, 0.25) is 0 Å². The first-order valence-electron chi connectivity index (χ1n) is 4.34. The van der Waals surface area contributed by atoms with Crippen LogP contribution in [0.3, 0.4) is 0 Å². The molecule has 0 fully saturated rings. The van der Waals surface area contributed by atoms with Crippen LogP contribution >= 0.6 is 11.6 Å². The van der Waals surface area contributed by atoms with Gasteiger partial charge in [0.15, 0.2) is 0 Å². The molecule has 1 atom stereocenters. The molecule has 1 aromatic carbocycles. The minimum atomic E-state index is 0.228. The van der Waals surface area contributed by atoms with Crippen molar-refractivity contribution in [3.63, 3.8) is 0 Å². The molecule has 2 N–H and O–H groups in total. The van der Waals surface area contributed by atoms with Gasteiger partial charge in [-0.25, -0.2) is 5.90 Å². The standard InChI is InChI=1S/C10H14ClNO2/c1-7(6-14-12)8-3-4-9(11)10(5-8)13-2/h3-5,7H,6,12H2,1-2H3. The smallest absolute Gasteiger partial charge is 0.137 e. The van der Waals surface area contributed by atoms with E-state index in [0.717, 1.165) is 5.56 Å². The minimum absolute atomic E-state index is 0.228. The van der Waals surface area contributed by atoms with Crippen LogP contribution in [0.25, 0.3) is 0 Å². The average molecular weight is 216 g/mol. The highest BCUT2D eigenvalue weighted by Crippen LogP contribution is 2.28. The largest absolute Gasteiger partial charge is 0.495 e. The van der Waals surface area contributed by atoms with Gasteiger partial charge in [0, 0.05) is 5.92 Å². The first-order valence-corrected chi connectivity index (χ1v) is 4.72. The fourth-order valence-corrected chi connectivity index (χ4v) is 1.42. The van der Waals surface area contributed by atoms with Crippen molar-refractivity contribution in [2.24, 2.45) is 5.90 Å². The summed E-state index contributed by atoms with van der Waals surface area (Å²) in [5, 5.41) is 0.608. The van der Waals surface area contributed by atoms with Gasteiger partial charge in [-0.1, -0.05) is 24.6 Å². The molecule has 0 aliphatic heterocycles. The Hall–Kier alpha value is -0.770. The molecule has 0 aromatic heterocycles. The molecule has 0 saturated carbocycles. The highest BCUT2D eigenvalue weighted by Gasteiger charge is 2.08. The predicted molar refractivity (Wildman–Crippen MR) is 56.6 cm³/mol. The van der Waals surface area contributed by atoms with Gasteiger partial charge in [-0.2, -0.15) is 0 Å². The first kappa shape index (κ1) is 11.3. The van der Waals surface area contributed by atoms with E-state index in [1.807, 2.05) is 25.1 Å². The zero-order chi connectivity index (χ0) is 10.6. The molecule has 0 amide bonds. The fraction of sp³-hybridized carbons (Fsp3) is 0.400. The van der Waals surface area contributed by atoms with E-state index in [1.54, 1.807) is 7.11 Å². The number of halogens is 1. The molecule has 1 rings (SSSR count). The molecule has 14 heavy (non-hydrogen) atoms. The molecule has 1 unspecified atom stereocenters. The summed E-state index contributed by atoms with van der Waals surface area (Å²) in [4.78, 5) is 4.59. The van der Waals surface area contributed by atoms with Crippen LogP contribution in [-0.4, -0.2) is 13.7 Å². The molecule has 78 valence electrons. The summed E-state index contributed by atoms with van der Waals surface area (Å²) in [6, 6.07) is 5.64. The number of nitrogens with two attached hydrogens (primary N) is 1. The number of hydrogen-bond donors (Lipinski definition) is 1. The van der Waals surface area contributed by atoms with Gasteiger partial charge < -0.3 is 9.57 Å². The maximum atomic E-state index is 5.90. The normalized spacial score (nSPS) is 12.6. The molecule has 3 nitrogen and oxygen atoms in total. The number of ether oxygens (including phenoxy) is 1. The van der Waals surface area contributed by atoms with Gasteiger partial charge in [-0.15, -0.1) is 0 Å². The van der Waals surface area contributed by atoms with Gasteiger partial charge in [0.05, 0.1) is 18.7 Å². The van der Waals surface area contributed by atoms with E-state index in [0.29, 0.717) is 17.4 Å². The van der Waals surface area contributed by atoms with E-state index in [-0.39, 0.29) is 5.92 Å². The van der Waals surface area contributed by atoms with Gasteiger partial charge in [0.25, 0.3) is 0 Å². The maximum Gasteiger partial charge on any atom is 0.137 e. The first-order chi connectivity index (χ1) is 6.69. The topological polar surface area (TPSA) is 44.5 Å². The zero-order valence-electron chi connectivity index (χ0n) is 8.29. The number of methoxy groups -OCH3 is 1. The van der Waals surface area contributed by atoms with Gasteiger partial charge >= 0.3 is 0 Å². The van der Waals surface area contributed by atoms with E-state index in [4.69, 9.17) is 22.2 Å². The van der Waals surface area contributed by atoms with Crippen molar-refractivity contribution in [3.05, 3.63) is 28.8 Å². The Morgan fingerprint density at radius 3 is 2.79 bits per heavy atom. The second kappa shape index (κ2) is 5.20. The van der Waals surface area contributed by atoms with E-state index >= 15 is 0 Å². The Balaban J connectivity index is 2.88. The maximum absolute atomic E-state index is 5.90. The third kappa shape index (κ3) is 2.61. The Morgan fingerprint density at radius 1 is 1.50 bits per heavy atom. The summed E-state index contributed by atoms with van der Waals surface area (Å²) in [6.07, 6.45) is 0. The minimum Gasteiger partial charge on any atom is -0.495 e. The highest BCUT2D eigenvalue weighted by molar-refractivity contribution is 6.32. The van der Waals surface area contributed by atoms with Crippen molar-refractivity contribution >= 4 is 11.6 Å². The molecule has 0 radical (unpaired) electrons. The molecular weight excluding hydrogens is 202 g/mol. The van der Waals surface area contributed by atoms with E-state index in [1.165, 1.54) is 0 Å². The molecule has 0 aliphatic rings. The monoisotopic (exact) mass is 215 g/mol. The number of benzene rings is 1. The average Bonchev–Trinajstić information content (AvgIpc) is 2.19. The Labute approximate surface area is 88.7 Å². The lowest BCUT2D eigenvalue weighted by Gasteiger charge is -2.12. The molecule has 1 aromatic rings. The summed E-state index contributed by atoms with van der Waals surface area (Å²) >= 11 is 5.90. The number of hydrogen-bond acceptors (Lipinski definition) is 3. The molecule has 4 heteroatoms. The lowest BCUT2D eigenvalue weighted by atomic mass is 10.0. The van der Waals surface area contributed by atoms with Crippen LogP contribution in [0.15, 0.2) is 18.2 Å². The Morgan fingerprint density at radius 2 is 2.21 bits per heavy atom. The Kier molecular flexibility index (Phi) is 4.20. The zero-order valence-corrected chi connectivity index (χ0v) is 9.04. The third-order valence-electron chi connectivity index (χ3n) is 2.09. The van der Waals surface area contributed by atoms with Crippen molar-refractivity contribution in [1.82, 2.24) is 0 Å². The molecular formula is C10H14ClNO2. The second-order valence-electron chi connectivity index (χ2n) is 3.13. The summed E-state index contributed by atoms with van der Waals surface area (Å²) < 4.78 is 5.11. The van der Waals surface area contributed by atoms with Gasteiger partial charge in [0.1, 0.15) is 5.75 Å². The van der Waals surface area contributed by atoms with Gasteiger partial charge in [-0.3, -0.25) is 0 Å². The summed E-state index contributed by atoms with van der Waals surface area (Å²) in [7, 11) is 1.59. The molecule has 0 bridgehead atoms. The lowest BCUT2D eigenvalue weighted by Crippen LogP contribution is -2.08. The van der Waals surface area contributed by atoms with E-state index in [2.05, 4.69) is 4.84 Å². The van der Waals surface area contributed by atoms with Crippen molar-refractivity contribution in [2.75, 3.05) is 13.7 Å². The van der Waals surface area contributed by atoms with Crippen LogP contribution in [0.2, 0.25) is 5.02 Å². The van der Waals surface area contributed by atoms with E-state index < -0.39 is 0 Å². The van der Waals surface area contributed by atoms with Crippen molar-refractivity contribution in [1.29, 1.82) is 0 Å². The molecule has 0 spiro atoms. The SMILES string of the molecule is COc1cc(C(C)CON)ccc1Cl. The van der Waals surface area contributed by atoms with Crippen LogP contribution in [0.5, 0.6) is 5.75 Å². The number of rotatable bonds is 4. The second-order valence-corrected chi connectivity index (χ2v) is 3.54. The Bertz CT molecular complexity index is 304.